The number of piperidine rings is 1. The average Bonchev–Trinajstić information content (AvgIpc) is 3.21. The highest BCUT2D eigenvalue weighted by molar-refractivity contribution is 5.99. The minimum absolute atomic E-state index is 0.0157. The molecule has 40 heavy (non-hydrogen) atoms. The molecule has 0 N–H and O–H groups in total. The summed E-state index contributed by atoms with van der Waals surface area (Å²) in [5.41, 5.74) is 3.76. The van der Waals surface area contributed by atoms with Gasteiger partial charge >= 0.3 is 11.4 Å². The Morgan fingerprint density at radius 1 is 0.825 bits per heavy atom. The van der Waals surface area contributed by atoms with Crippen LogP contribution >= 0.6 is 0 Å². The average molecular weight is 542 g/mol. The Labute approximate surface area is 231 Å². The van der Waals surface area contributed by atoms with Crippen LogP contribution in [-0.4, -0.2) is 41.3 Å². The number of benzene rings is 2. The van der Waals surface area contributed by atoms with Crippen molar-refractivity contribution < 1.29 is 0 Å². The standard InChI is InChI=1S/C30H35N7O3/c1-5-11-35-25-16-21-23(17-26(25)36(12-6-2)30(35)40)31-18-32-27(21)34-13-9-20(10-14-34)37-28(38)22-15-19(3)7-8-24(22)33(4)29(37)39/h7-8,15-18,20H,5-6,9-14H2,1-4H3. The van der Waals surface area contributed by atoms with E-state index in [1.807, 2.05) is 40.3 Å². The second kappa shape index (κ2) is 10.1. The van der Waals surface area contributed by atoms with Gasteiger partial charge in [-0.3, -0.25) is 23.1 Å². The van der Waals surface area contributed by atoms with Crippen LogP contribution in [0.5, 0.6) is 0 Å². The van der Waals surface area contributed by atoms with E-state index in [1.54, 1.807) is 17.9 Å². The van der Waals surface area contributed by atoms with E-state index in [-0.39, 0.29) is 23.0 Å². The molecule has 2 aromatic carbocycles. The number of imidazole rings is 1. The molecule has 0 spiro atoms. The highest BCUT2D eigenvalue weighted by Gasteiger charge is 2.27. The Balaban J connectivity index is 1.37. The molecule has 0 radical (unpaired) electrons. The van der Waals surface area contributed by atoms with Gasteiger partial charge in [0.25, 0.3) is 5.56 Å². The molecule has 10 heteroatoms. The van der Waals surface area contributed by atoms with Crippen LogP contribution in [0, 0.1) is 6.92 Å². The van der Waals surface area contributed by atoms with Gasteiger partial charge in [-0.25, -0.2) is 19.6 Å². The molecular formula is C30H35N7O3. The predicted molar refractivity (Wildman–Crippen MR) is 159 cm³/mol. The van der Waals surface area contributed by atoms with Crippen LogP contribution in [0.2, 0.25) is 0 Å². The second-order valence-corrected chi connectivity index (χ2v) is 10.9. The Hall–Kier alpha value is -4.21. The van der Waals surface area contributed by atoms with Crippen molar-refractivity contribution in [3.05, 3.63) is 73.5 Å². The van der Waals surface area contributed by atoms with Crippen molar-refractivity contribution in [1.82, 2.24) is 28.2 Å². The van der Waals surface area contributed by atoms with Gasteiger partial charge in [0, 0.05) is 44.7 Å². The molecule has 1 aliphatic heterocycles. The number of aryl methyl sites for hydroxylation is 4. The molecule has 0 amide bonds. The van der Waals surface area contributed by atoms with E-state index in [4.69, 9.17) is 0 Å². The normalized spacial score (nSPS) is 14.7. The van der Waals surface area contributed by atoms with Gasteiger partial charge in [0.05, 0.1) is 27.5 Å². The molecule has 5 aromatic rings. The lowest BCUT2D eigenvalue weighted by molar-refractivity contribution is 0.371. The highest BCUT2D eigenvalue weighted by Crippen LogP contribution is 2.31. The van der Waals surface area contributed by atoms with Gasteiger partial charge in [-0.05, 0) is 56.9 Å². The molecule has 10 nitrogen and oxygen atoms in total. The Kier molecular flexibility index (Phi) is 6.56. The lowest BCUT2D eigenvalue weighted by Crippen LogP contribution is -2.45. The summed E-state index contributed by atoms with van der Waals surface area (Å²) < 4.78 is 6.73. The summed E-state index contributed by atoms with van der Waals surface area (Å²) >= 11 is 0. The Morgan fingerprint density at radius 3 is 2.17 bits per heavy atom. The van der Waals surface area contributed by atoms with Crippen molar-refractivity contribution >= 4 is 38.7 Å². The van der Waals surface area contributed by atoms with Crippen molar-refractivity contribution in [2.45, 2.75) is 65.6 Å². The minimum atomic E-state index is -0.278. The molecule has 6 rings (SSSR count). The lowest BCUT2D eigenvalue weighted by atomic mass is 10.0. The van der Waals surface area contributed by atoms with Crippen molar-refractivity contribution in [1.29, 1.82) is 0 Å². The predicted octanol–water partition coefficient (Wildman–Crippen LogP) is 3.73. The molecule has 0 atom stereocenters. The smallest absolute Gasteiger partial charge is 0.331 e. The fourth-order valence-corrected chi connectivity index (χ4v) is 6.24. The van der Waals surface area contributed by atoms with Crippen molar-refractivity contribution in [3.8, 4) is 0 Å². The maximum Gasteiger partial charge on any atom is 0.331 e. The van der Waals surface area contributed by atoms with E-state index in [0.29, 0.717) is 49.9 Å². The lowest BCUT2D eigenvalue weighted by Gasteiger charge is -2.34. The van der Waals surface area contributed by atoms with E-state index in [2.05, 4.69) is 34.8 Å². The van der Waals surface area contributed by atoms with Crippen LogP contribution in [-0.2, 0) is 20.1 Å². The third-order valence-electron chi connectivity index (χ3n) is 8.23. The fraction of sp³-hybridized carbons (Fsp3) is 0.433. The molecule has 0 bridgehead atoms. The summed E-state index contributed by atoms with van der Waals surface area (Å²) in [4.78, 5) is 51.3. The molecule has 3 aromatic heterocycles. The number of rotatable bonds is 6. The van der Waals surface area contributed by atoms with Gasteiger partial charge in [-0.1, -0.05) is 25.5 Å². The SMILES string of the molecule is CCCn1c(=O)n(CCC)c2cc3c(N4CCC(n5c(=O)c6cc(C)ccc6n(C)c5=O)CC4)ncnc3cc21. The third kappa shape index (κ3) is 4.04. The maximum absolute atomic E-state index is 13.5. The number of hydrogen-bond acceptors (Lipinski definition) is 6. The largest absolute Gasteiger partial charge is 0.356 e. The highest BCUT2D eigenvalue weighted by atomic mass is 16.2. The molecular weight excluding hydrogens is 506 g/mol. The second-order valence-electron chi connectivity index (χ2n) is 10.9. The van der Waals surface area contributed by atoms with Crippen molar-refractivity contribution in [3.63, 3.8) is 0 Å². The Morgan fingerprint density at radius 2 is 1.50 bits per heavy atom. The van der Waals surface area contributed by atoms with Gasteiger partial charge in [-0.15, -0.1) is 0 Å². The van der Waals surface area contributed by atoms with Gasteiger partial charge in [0.1, 0.15) is 12.1 Å². The number of fused-ring (bicyclic) bond motifs is 3. The first-order chi connectivity index (χ1) is 19.3. The van der Waals surface area contributed by atoms with Gasteiger partial charge < -0.3 is 4.90 Å². The topological polar surface area (TPSA) is 100.0 Å². The first-order valence-electron chi connectivity index (χ1n) is 14.2. The van der Waals surface area contributed by atoms with Crippen LogP contribution in [0.3, 0.4) is 0 Å². The van der Waals surface area contributed by atoms with Gasteiger partial charge in [0.2, 0.25) is 0 Å². The summed E-state index contributed by atoms with van der Waals surface area (Å²) in [6, 6.07) is 9.50. The van der Waals surface area contributed by atoms with Gasteiger partial charge in [0.15, 0.2) is 0 Å². The van der Waals surface area contributed by atoms with E-state index in [0.717, 1.165) is 46.2 Å². The molecule has 4 heterocycles. The van der Waals surface area contributed by atoms with E-state index < -0.39 is 0 Å². The summed E-state index contributed by atoms with van der Waals surface area (Å²) in [7, 11) is 1.73. The third-order valence-corrected chi connectivity index (χ3v) is 8.23. The van der Waals surface area contributed by atoms with Crippen molar-refractivity contribution in [2.24, 2.45) is 7.05 Å². The first kappa shape index (κ1) is 26.0. The summed E-state index contributed by atoms with van der Waals surface area (Å²) in [6.45, 7) is 8.71. The summed E-state index contributed by atoms with van der Waals surface area (Å²) in [6.07, 6.45) is 4.60. The quantitative estimate of drug-likeness (QED) is 0.325. The number of aromatic nitrogens is 6. The fourth-order valence-electron chi connectivity index (χ4n) is 6.24. The molecule has 208 valence electrons. The first-order valence-corrected chi connectivity index (χ1v) is 14.2. The zero-order chi connectivity index (χ0) is 28.1. The Bertz CT molecular complexity index is 1940. The molecule has 1 saturated heterocycles. The van der Waals surface area contributed by atoms with E-state index in [1.165, 1.54) is 4.57 Å². The van der Waals surface area contributed by atoms with Crippen LogP contribution in [0.4, 0.5) is 5.82 Å². The minimum Gasteiger partial charge on any atom is -0.356 e. The maximum atomic E-state index is 13.5. The van der Waals surface area contributed by atoms with E-state index >= 15 is 0 Å². The molecule has 1 fully saturated rings. The van der Waals surface area contributed by atoms with Crippen LogP contribution in [0.1, 0.15) is 51.1 Å². The number of hydrogen-bond donors (Lipinski definition) is 0. The summed E-state index contributed by atoms with van der Waals surface area (Å²) in [5.74, 6) is 0.818. The van der Waals surface area contributed by atoms with Crippen LogP contribution in [0.15, 0.2) is 51.0 Å². The zero-order valence-electron chi connectivity index (χ0n) is 23.6. The van der Waals surface area contributed by atoms with E-state index in [9.17, 15) is 14.4 Å². The molecule has 0 aliphatic carbocycles. The van der Waals surface area contributed by atoms with Crippen LogP contribution in [0.25, 0.3) is 32.8 Å². The molecule has 1 aliphatic rings. The molecule has 0 saturated carbocycles. The molecule has 0 unspecified atom stereocenters. The monoisotopic (exact) mass is 541 g/mol. The van der Waals surface area contributed by atoms with Crippen molar-refractivity contribution in [2.75, 3.05) is 18.0 Å². The number of anilines is 1. The van der Waals surface area contributed by atoms with Gasteiger partial charge in [-0.2, -0.15) is 0 Å². The van der Waals surface area contributed by atoms with Crippen LogP contribution < -0.4 is 21.8 Å². The zero-order valence-corrected chi connectivity index (χ0v) is 23.6. The number of nitrogens with zero attached hydrogens (tertiary/aromatic N) is 7. The summed E-state index contributed by atoms with van der Waals surface area (Å²) in [5, 5.41) is 1.48.